The second-order valence-electron chi connectivity index (χ2n) is 5.90. The van der Waals surface area contributed by atoms with Crippen molar-refractivity contribution in [2.75, 3.05) is 11.1 Å². The molecule has 3 N–H and O–H groups in total. The molecule has 0 radical (unpaired) electrons. The van der Waals surface area contributed by atoms with Gasteiger partial charge in [-0.15, -0.1) is 0 Å². The average Bonchev–Trinajstić information content (AvgIpc) is 2.47. The second-order valence-corrected chi connectivity index (χ2v) is 5.90. The summed E-state index contributed by atoms with van der Waals surface area (Å²) in [5, 5.41) is 2.89. The van der Waals surface area contributed by atoms with Gasteiger partial charge in [0.25, 0.3) is 5.91 Å². The molecule has 0 aliphatic rings. The molecule has 5 heteroatoms. The van der Waals surface area contributed by atoms with Gasteiger partial charge in [-0.05, 0) is 29.0 Å². The minimum atomic E-state index is -0.343. The Morgan fingerprint density at radius 3 is 2.36 bits per heavy atom. The largest absolute Gasteiger partial charge is 0.382 e. The molecule has 0 spiro atoms. The summed E-state index contributed by atoms with van der Waals surface area (Å²) in [7, 11) is 0. The maximum absolute atomic E-state index is 12.3. The first-order chi connectivity index (χ1) is 10.4. The van der Waals surface area contributed by atoms with Gasteiger partial charge in [0.1, 0.15) is 0 Å². The molecule has 0 aliphatic carbocycles. The van der Waals surface area contributed by atoms with E-state index in [1.54, 1.807) is 0 Å². The molecule has 0 aliphatic heterocycles. The van der Waals surface area contributed by atoms with Crippen LogP contribution in [0.5, 0.6) is 0 Å². The number of nitrogens with zero attached hydrogens (tertiary/aromatic N) is 2. The van der Waals surface area contributed by atoms with Crippen molar-refractivity contribution in [3.05, 3.63) is 47.4 Å². The third-order valence-electron chi connectivity index (χ3n) is 3.55. The van der Waals surface area contributed by atoms with Crippen molar-refractivity contribution in [2.24, 2.45) is 0 Å². The Balaban J connectivity index is 2.33. The van der Waals surface area contributed by atoms with Crippen LogP contribution < -0.4 is 11.1 Å². The van der Waals surface area contributed by atoms with Gasteiger partial charge in [-0.3, -0.25) is 4.79 Å². The lowest BCUT2D eigenvalue weighted by Gasteiger charge is -2.17. The zero-order valence-electron chi connectivity index (χ0n) is 13.4. The molecule has 2 rings (SSSR count). The van der Waals surface area contributed by atoms with Crippen LogP contribution in [0.15, 0.2) is 30.6 Å². The van der Waals surface area contributed by atoms with Gasteiger partial charge in [0.15, 0.2) is 11.5 Å². The van der Waals surface area contributed by atoms with E-state index in [-0.39, 0.29) is 17.4 Å². The molecule has 1 aromatic heterocycles. The number of carbonyl (C=O) groups excluding carboxylic acids is 1. The van der Waals surface area contributed by atoms with E-state index in [0.717, 1.165) is 11.3 Å². The summed E-state index contributed by atoms with van der Waals surface area (Å²) < 4.78 is 0. The van der Waals surface area contributed by atoms with Gasteiger partial charge in [0, 0.05) is 18.1 Å². The van der Waals surface area contributed by atoms with Gasteiger partial charge in [-0.1, -0.05) is 39.8 Å². The minimum Gasteiger partial charge on any atom is -0.382 e. The smallest absolute Gasteiger partial charge is 0.278 e. The Kier molecular flexibility index (Phi) is 4.75. The van der Waals surface area contributed by atoms with Crippen LogP contribution in [0.4, 0.5) is 11.5 Å². The number of hydrogen-bond acceptors (Lipinski definition) is 4. The molecule has 0 atom stereocenters. The molecular formula is C17H22N4O. The fourth-order valence-electron chi connectivity index (χ4n) is 2.24. The standard InChI is InChI=1S/C17H22N4O/c1-10(2)12-5-6-14(13(9-12)11(3)4)21-17(22)15-16(18)20-8-7-19-15/h5-11H,1-4H3,(H2,18,20)(H,21,22). The second kappa shape index (κ2) is 6.56. The summed E-state index contributed by atoms with van der Waals surface area (Å²) in [4.78, 5) is 20.2. The molecule has 0 bridgehead atoms. The van der Waals surface area contributed by atoms with Gasteiger partial charge < -0.3 is 11.1 Å². The number of rotatable bonds is 4. The van der Waals surface area contributed by atoms with Crippen molar-refractivity contribution in [3.63, 3.8) is 0 Å². The molecule has 2 aromatic rings. The molecule has 1 heterocycles. The first kappa shape index (κ1) is 15.9. The monoisotopic (exact) mass is 298 g/mol. The third-order valence-corrected chi connectivity index (χ3v) is 3.55. The van der Waals surface area contributed by atoms with E-state index in [9.17, 15) is 4.79 Å². The molecule has 5 nitrogen and oxygen atoms in total. The quantitative estimate of drug-likeness (QED) is 0.904. The number of hydrogen-bond donors (Lipinski definition) is 2. The Morgan fingerprint density at radius 2 is 1.77 bits per heavy atom. The van der Waals surface area contributed by atoms with E-state index in [4.69, 9.17) is 5.73 Å². The average molecular weight is 298 g/mol. The summed E-state index contributed by atoms with van der Waals surface area (Å²) >= 11 is 0. The summed E-state index contributed by atoms with van der Waals surface area (Å²) in [6.45, 7) is 8.51. The zero-order valence-corrected chi connectivity index (χ0v) is 13.4. The highest BCUT2D eigenvalue weighted by Crippen LogP contribution is 2.28. The van der Waals surface area contributed by atoms with Crippen LogP contribution in [0, 0.1) is 0 Å². The molecule has 1 aromatic carbocycles. The highest BCUT2D eigenvalue weighted by atomic mass is 16.1. The zero-order chi connectivity index (χ0) is 16.3. The van der Waals surface area contributed by atoms with Crippen molar-refractivity contribution < 1.29 is 4.79 Å². The molecule has 22 heavy (non-hydrogen) atoms. The number of nitrogens with two attached hydrogens (primary N) is 1. The maximum Gasteiger partial charge on any atom is 0.278 e. The SMILES string of the molecule is CC(C)c1ccc(NC(=O)c2nccnc2N)c(C(C)C)c1. The predicted molar refractivity (Wildman–Crippen MR) is 89.0 cm³/mol. The lowest BCUT2D eigenvalue weighted by atomic mass is 9.94. The summed E-state index contributed by atoms with van der Waals surface area (Å²) in [6.07, 6.45) is 2.92. The minimum absolute atomic E-state index is 0.130. The first-order valence-electron chi connectivity index (χ1n) is 7.41. The predicted octanol–water partition coefficient (Wildman–Crippen LogP) is 3.56. The Labute approximate surface area is 131 Å². The summed E-state index contributed by atoms with van der Waals surface area (Å²) in [5.74, 6) is 0.529. The van der Waals surface area contributed by atoms with E-state index in [2.05, 4.69) is 49.0 Å². The van der Waals surface area contributed by atoms with E-state index in [1.807, 2.05) is 12.1 Å². The van der Waals surface area contributed by atoms with E-state index >= 15 is 0 Å². The topological polar surface area (TPSA) is 80.9 Å². The molecule has 0 saturated heterocycles. The van der Waals surface area contributed by atoms with Gasteiger partial charge in [-0.25, -0.2) is 9.97 Å². The van der Waals surface area contributed by atoms with Crippen LogP contribution in [0.3, 0.4) is 0 Å². The normalized spacial score (nSPS) is 11.0. The number of benzene rings is 1. The van der Waals surface area contributed by atoms with Crippen LogP contribution >= 0.6 is 0 Å². The third kappa shape index (κ3) is 3.42. The molecule has 0 saturated carbocycles. The number of carbonyl (C=O) groups is 1. The highest BCUT2D eigenvalue weighted by molar-refractivity contribution is 6.06. The molecule has 1 amide bonds. The van der Waals surface area contributed by atoms with Crippen molar-refractivity contribution in [1.82, 2.24) is 9.97 Å². The summed E-state index contributed by atoms with van der Waals surface area (Å²) in [5.41, 5.74) is 8.98. The van der Waals surface area contributed by atoms with Gasteiger partial charge in [0.05, 0.1) is 0 Å². The molecule has 116 valence electrons. The van der Waals surface area contributed by atoms with Crippen molar-refractivity contribution in [3.8, 4) is 0 Å². The lowest BCUT2D eigenvalue weighted by molar-refractivity contribution is 0.102. The van der Waals surface area contributed by atoms with Crippen LogP contribution in [0.25, 0.3) is 0 Å². The lowest BCUT2D eigenvalue weighted by Crippen LogP contribution is -2.18. The number of aromatic nitrogens is 2. The van der Waals surface area contributed by atoms with Gasteiger partial charge in [0.2, 0.25) is 0 Å². The number of nitrogen functional groups attached to an aromatic ring is 1. The molecular weight excluding hydrogens is 276 g/mol. The van der Waals surface area contributed by atoms with E-state index < -0.39 is 0 Å². The fraction of sp³-hybridized carbons (Fsp3) is 0.353. The number of amides is 1. The van der Waals surface area contributed by atoms with Crippen molar-refractivity contribution >= 4 is 17.4 Å². The van der Waals surface area contributed by atoms with Crippen LogP contribution in [0.1, 0.15) is 61.1 Å². The van der Waals surface area contributed by atoms with Crippen LogP contribution in [-0.2, 0) is 0 Å². The molecule has 0 unspecified atom stereocenters. The van der Waals surface area contributed by atoms with Crippen molar-refractivity contribution in [1.29, 1.82) is 0 Å². The number of nitrogens with one attached hydrogen (secondary N) is 1. The Morgan fingerprint density at radius 1 is 1.09 bits per heavy atom. The van der Waals surface area contributed by atoms with Gasteiger partial charge >= 0.3 is 0 Å². The van der Waals surface area contributed by atoms with Gasteiger partial charge in [-0.2, -0.15) is 0 Å². The van der Waals surface area contributed by atoms with Crippen molar-refractivity contribution in [2.45, 2.75) is 39.5 Å². The maximum atomic E-state index is 12.3. The Hall–Kier alpha value is -2.43. The Bertz CT molecular complexity index is 680. The first-order valence-corrected chi connectivity index (χ1v) is 7.41. The molecule has 0 fully saturated rings. The van der Waals surface area contributed by atoms with Crippen LogP contribution in [-0.4, -0.2) is 15.9 Å². The van der Waals surface area contributed by atoms with E-state index in [0.29, 0.717) is 11.8 Å². The highest BCUT2D eigenvalue weighted by Gasteiger charge is 2.16. The number of anilines is 2. The summed E-state index contributed by atoms with van der Waals surface area (Å²) in [6, 6.07) is 6.12. The van der Waals surface area contributed by atoms with Crippen LogP contribution in [0.2, 0.25) is 0 Å². The fourth-order valence-corrected chi connectivity index (χ4v) is 2.24. The van der Waals surface area contributed by atoms with E-state index in [1.165, 1.54) is 18.0 Å².